The van der Waals surface area contributed by atoms with E-state index in [4.69, 9.17) is 4.74 Å². The number of hydrogen-bond acceptors (Lipinski definition) is 4. The van der Waals surface area contributed by atoms with Crippen LogP contribution in [0.2, 0.25) is 0 Å². The number of hydrogen-bond donors (Lipinski definition) is 0. The van der Waals surface area contributed by atoms with Gasteiger partial charge in [-0.3, -0.25) is 4.79 Å². The molecule has 0 N–H and O–H groups in total. The number of likely N-dealkylation sites (tertiary alicyclic amines) is 1. The molecule has 30 heavy (non-hydrogen) atoms. The maximum Gasteiger partial charge on any atom is 0.253 e. The Labute approximate surface area is 177 Å². The largest absolute Gasteiger partial charge is 0.487 e. The van der Waals surface area contributed by atoms with Crippen LogP contribution in [0.25, 0.3) is 0 Å². The highest BCUT2D eigenvalue weighted by atomic mass is 32.2. The Morgan fingerprint density at radius 2 is 1.63 bits per heavy atom. The molecule has 0 unspecified atom stereocenters. The first-order valence-electron chi connectivity index (χ1n) is 10.7. The van der Waals surface area contributed by atoms with Crippen molar-refractivity contribution in [2.24, 2.45) is 5.92 Å². The van der Waals surface area contributed by atoms with Crippen LogP contribution in [0.15, 0.2) is 59.5 Å². The lowest BCUT2D eigenvalue weighted by Gasteiger charge is -2.31. The van der Waals surface area contributed by atoms with Crippen LogP contribution in [0, 0.1) is 5.92 Å². The summed E-state index contributed by atoms with van der Waals surface area (Å²) in [5.74, 6) is 0.841. The van der Waals surface area contributed by atoms with Gasteiger partial charge < -0.3 is 9.64 Å². The Hall–Kier alpha value is -2.38. The summed E-state index contributed by atoms with van der Waals surface area (Å²) in [5.41, 5.74) is 0.660. The summed E-state index contributed by atoms with van der Waals surface area (Å²) in [4.78, 5) is 15.1. The summed E-state index contributed by atoms with van der Waals surface area (Å²) in [5, 5.41) is 0. The molecule has 1 amide bonds. The predicted molar refractivity (Wildman–Crippen MR) is 113 cm³/mol. The Bertz CT molecular complexity index is 1040. The zero-order valence-electron chi connectivity index (χ0n) is 16.8. The van der Waals surface area contributed by atoms with Crippen LogP contribution in [-0.4, -0.2) is 55.3 Å². The number of amides is 1. The molecular formula is C23H26N2O4S. The Morgan fingerprint density at radius 1 is 0.933 bits per heavy atom. The van der Waals surface area contributed by atoms with Gasteiger partial charge in [0.1, 0.15) is 16.7 Å². The lowest BCUT2D eigenvalue weighted by Crippen LogP contribution is -2.48. The lowest BCUT2D eigenvalue weighted by atomic mass is 10.1. The Morgan fingerprint density at radius 3 is 2.40 bits per heavy atom. The highest BCUT2D eigenvalue weighted by molar-refractivity contribution is 7.89. The van der Waals surface area contributed by atoms with Gasteiger partial charge in [-0.15, -0.1) is 0 Å². The molecule has 1 aliphatic carbocycles. The van der Waals surface area contributed by atoms with Gasteiger partial charge >= 0.3 is 0 Å². The fourth-order valence-electron chi connectivity index (χ4n) is 4.51. The maximum absolute atomic E-state index is 13.6. The van der Waals surface area contributed by atoms with Crippen molar-refractivity contribution in [2.75, 3.05) is 19.6 Å². The van der Waals surface area contributed by atoms with Gasteiger partial charge in [-0.25, -0.2) is 8.42 Å². The fraction of sp³-hybridized carbons (Fsp3) is 0.435. The minimum Gasteiger partial charge on any atom is -0.487 e. The van der Waals surface area contributed by atoms with E-state index in [-0.39, 0.29) is 22.9 Å². The normalized spacial score (nSPS) is 25.9. The molecular weight excluding hydrogens is 400 g/mol. The van der Waals surface area contributed by atoms with Crippen molar-refractivity contribution in [3.05, 3.63) is 60.2 Å². The van der Waals surface area contributed by atoms with Crippen LogP contribution in [0.4, 0.5) is 0 Å². The van der Waals surface area contributed by atoms with Gasteiger partial charge in [0.2, 0.25) is 10.0 Å². The van der Waals surface area contributed by atoms with Crippen LogP contribution < -0.4 is 4.74 Å². The molecule has 1 saturated carbocycles. The number of benzene rings is 2. The lowest BCUT2D eigenvalue weighted by molar-refractivity contribution is 0.0755. The first-order valence-corrected chi connectivity index (χ1v) is 12.1. The molecule has 2 heterocycles. The maximum atomic E-state index is 13.6. The molecule has 2 fully saturated rings. The molecule has 158 valence electrons. The highest BCUT2D eigenvalue weighted by Crippen LogP contribution is 2.39. The molecule has 5 rings (SSSR count). The van der Waals surface area contributed by atoms with E-state index in [9.17, 15) is 13.2 Å². The summed E-state index contributed by atoms with van der Waals surface area (Å²) in [6, 6.07) is 15.9. The summed E-state index contributed by atoms with van der Waals surface area (Å²) in [6.45, 7) is 1.60. The number of sulfonamides is 1. The molecule has 2 atom stereocenters. The smallest absolute Gasteiger partial charge is 0.253 e. The number of carbonyl (C=O) groups is 1. The minimum absolute atomic E-state index is 0.0101. The van der Waals surface area contributed by atoms with Crippen LogP contribution in [-0.2, 0) is 10.0 Å². The van der Waals surface area contributed by atoms with Crippen molar-refractivity contribution in [2.45, 2.75) is 42.7 Å². The summed E-state index contributed by atoms with van der Waals surface area (Å²) in [7, 11) is -3.65. The van der Waals surface area contributed by atoms with E-state index >= 15 is 0 Å². The number of ether oxygens (including phenoxy) is 1. The molecule has 2 aromatic carbocycles. The third kappa shape index (κ3) is 3.61. The number of para-hydroxylation sites is 1. The second kappa shape index (κ2) is 7.71. The number of nitrogens with zero attached hydrogens (tertiary/aromatic N) is 2. The number of fused-ring (bicyclic) bond motifs is 2. The summed E-state index contributed by atoms with van der Waals surface area (Å²) in [6.07, 6.45) is 3.06. The molecule has 2 aromatic rings. The first kappa shape index (κ1) is 19.6. The Balaban J connectivity index is 1.46. The van der Waals surface area contributed by atoms with E-state index in [1.54, 1.807) is 22.5 Å². The number of rotatable bonds is 3. The van der Waals surface area contributed by atoms with Crippen LogP contribution in [0.3, 0.4) is 0 Å². The molecule has 2 aliphatic heterocycles. The van der Waals surface area contributed by atoms with Crippen molar-refractivity contribution in [1.82, 2.24) is 9.21 Å². The SMILES string of the molecule is O=C(c1ccccc1)N1CC[C@@H]2Oc3ccccc3S(=O)(=O)N(CC3CC3)[C@@H]2CC1. The Kier molecular flexibility index (Phi) is 5.03. The predicted octanol–water partition coefficient (Wildman–Crippen LogP) is 3.15. The first-order chi connectivity index (χ1) is 14.5. The van der Waals surface area contributed by atoms with Crippen molar-refractivity contribution >= 4 is 15.9 Å². The molecule has 3 aliphatic rings. The van der Waals surface area contributed by atoms with E-state index in [0.29, 0.717) is 49.7 Å². The van der Waals surface area contributed by atoms with E-state index in [0.717, 1.165) is 12.8 Å². The van der Waals surface area contributed by atoms with Crippen LogP contribution >= 0.6 is 0 Å². The van der Waals surface area contributed by atoms with Gasteiger partial charge in [-0.2, -0.15) is 4.31 Å². The van der Waals surface area contributed by atoms with Crippen molar-refractivity contribution in [3.63, 3.8) is 0 Å². The quantitative estimate of drug-likeness (QED) is 0.756. The highest BCUT2D eigenvalue weighted by Gasteiger charge is 2.45. The van der Waals surface area contributed by atoms with Gasteiger partial charge in [0.15, 0.2) is 0 Å². The molecule has 1 saturated heterocycles. The topological polar surface area (TPSA) is 66.9 Å². The second-order valence-electron chi connectivity index (χ2n) is 8.42. The van der Waals surface area contributed by atoms with E-state index in [1.165, 1.54) is 0 Å². The second-order valence-corrected chi connectivity index (χ2v) is 10.3. The van der Waals surface area contributed by atoms with Crippen LogP contribution in [0.1, 0.15) is 36.0 Å². The third-order valence-corrected chi connectivity index (χ3v) is 8.26. The van der Waals surface area contributed by atoms with Gasteiger partial charge in [-0.05, 0) is 49.4 Å². The fourth-order valence-corrected chi connectivity index (χ4v) is 6.39. The van der Waals surface area contributed by atoms with E-state index < -0.39 is 10.0 Å². The van der Waals surface area contributed by atoms with Crippen molar-refractivity contribution in [3.8, 4) is 5.75 Å². The molecule has 7 heteroatoms. The molecule has 0 bridgehead atoms. The third-order valence-electron chi connectivity index (χ3n) is 6.33. The zero-order chi connectivity index (χ0) is 20.7. The van der Waals surface area contributed by atoms with E-state index in [1.807, 2.05) is 41.3 Å². The van der Waals surface area contributed by atoms with Gasteiger partial charge in [0.05, 0.1) is 6.04 Å². The van der Waals surface area contributed by atoms with Gasteiger partial charge in [-0.1, -0.05) is 30.3 Å². The zero-order valence-corrected chi connectivity index (χ0v) is 17.6. The minimum atomic E-state index is -3.65. The molecule has 0 spiro atoms. The van der Waals surface area contributed by atoms with Crippen molar-refractivity contribution in [1.29, 1.82) is 0 Å². The van der Waals surface area contributed by atoms with Gasteiger partial charge in [0.25, 0.3) is 5.91 Å². The average Bonchev–Trinajstić information content (AvgIpc) is 3.60. The van der Waals surface area contributed by atoms with Gasteiger partial charge in [0, 0.05) is 31.6 Å². The molecule has 0 radical (unpaired) electrons. The van der Waals surface area contributed by atoms with Crippen molar-refractivity contribution < 1.29 is 17.9 Å². The monoisotopic (exact) mass is 426 g/mol. The molecule has 6 nitrogen and oxygen atoms in total. The van der Waals surface area contributed by atoms with Crippen LogP contribution in [0.5, 0.6) is 5.75 Å². The molecule has 0 aromatic heterocycles. The number of carbonyl (C=O) groups excluding carboxylic acids is 1. The summed E-state index contributed by atoms with van der Waals surface area (Å²) < 4.78 is 35.1. The standard InChI is InChI=1S/C23H26N2O4S/c26-23(18-6-2-1-3-7-18)24-14-12-19-20(13-15-24)29-21-8-4-5-9-22(21)30(27,28)25(19)16-17-10-11-17/h1-9,17,19-20H,10-16H2/t19-,20+/m1/s1. The summed E-state index contributed by atoms with van der Waals surface area (Å²) >= 11 is 0. The average molecular weight is 427 g/mol. The van der Waals surface area contributed by atoms with E-state index in [2.05, 4.69) is 0 Å².